The zero-order valence-corrected chi connectivity index (χ0v) is 11.1. The quantitative estimate of drug-likeness (QED) is 0.762. The highest BCUT2D eigenvalue weighted by Gasteiger charge is 2.22. The molecule has 0 aliphatic carbocycles. The van der Waals surface area contributed by atoms with Gasteiger partial charge in [-0.15, -0.1) is 0 Å². The summed E-state index contributed by atoms with van der Waals surface area (Å²) in [7, 11) is 0. The molecule has 2 nitrogen and oxygen atoms in total. The number of aryl methyl sites for hydroxylation is 1. The summed E-state index contributed by atoms with van der Waals surface area (Å²) in [6.45, 7) is 3.66. The third kappa shape index (κ3) is 2.26. The average Bonchev–Trinajstić information content (AvgIpc) is 2.47. The van der Waals surface area contributed by atoms with Gasteiger partial charge in [0.15, 0.2) is 0 Å². The minimum atomic E-state index is 0.134. The van der Waals surface area contributed by atoms with Gasteiger partial charge in [0.25, 0.3) is 5.91 Å². The number of fused-ring (bicyclic) bond motifs is 1. The van der Waals surface area contributed by atoms with E-state index in [2.05, 4.69) is 25.1 Å². The van der Waals surface area contributed by atoms with Gasteiger partial charge in [0.2, 0.25) is 0 Å². The molecule has 0 spiro atoms. The molecule has 1 aliphatic rings. The molecule has 96 valence electrons. The van der Waals surface area contributed by atoms with Crippen molar-refractivity contribution in [2.24, 2.45) is 0 Å². The standard InChI is InChI=1S/C17H17NO/c1-13-6-5-9-14-10-11-18(12-16(13)14)17(19)15-7-3-2-4-8-15/h2-9H,10-12H2,1H3. The van der Waals surface area contributed by atoms with Gasteiger partial charge < -0.3 is 4.90 Å². The van der Waals surface area contributed by atoms with Crippen molar-refractivity contribution in [2.75, 3.05) is 6.54 Å². The number of hydrogen-bond donors (Lipinski definition) is 0. The van der Waals surface area contributed by atoms with Gasteiger partial charge >= 0.3 is 0 Å². The van der Waals surface area contributed by atoms with Gasteiger partial charge in [-0.05, 0) is 42.2 Å². The molecule has 0 fully saturated rings. The molecule has 2 heteroatoms. The van der Waals surface area contributed by atoms with Gasteiger partial charge in [-0.2, -0.15) is 0 Å². The molecule has 1 amide bonds. The number of carbonyl (C=O) groups excluding carboxylic acids is 1. The molecule has 1 heterocycles. The van der Waals surface area contributed by atoms with Crippen LogP contribution in [0, 0.1) is 6.92 Å². The fourth-order valence-electron chi connectivity index (χ4n) is 2.69. The van der Waals surface area contributed by atoms with E-state index in [0.29, 0.717) is 0 Å². The van der Waals surface area contributed by atoms with Crippen LogP contribution in [0.15, 0.2) is 48.5 Å². The van der Waals surface area contributed by atoms with E-state index in [1.54, 1.807) is 0 Å². The molecular weight excluding hydrogens is 234 g/mol. The zero-order valence-electron chi connectivity index (χ0n) is 11.1. The van der Waals surface area contributed by atoms with Crippen molar-refractivity contribution in [1.29, 1.82) is 0 Å². The van der Waals surface area contributed by atoms with Crippen molar-refractivity contribution in [1.82, 2.24) is 4.90 Å². The van der Waals surface area contributed by atoms with Crippen LogP contribution >= 0.6 is 0 Å². The van der Waals surface area contributed by atoms with Crippen molar-refractivity contribution < 1.29 is 4.79 Å². The second-order valence-corrected chi connectivity index (χ2v) is 5.06. The molecule has 0 aromatic heterocycles. The Bertz CT molecular complexity index is 604. The molecule has 0 atom stereocenters. The Morgan fingerprint density at radius 1 is 1.05 bits per heavy atom. The molecule has 0 radical (unpaired) electrons. The topological polar surface area (TPSA) is 20.3 Å². The first-order valence-corrected chi connectivity index (χ1v) is 6.67. The van der Waals surface area contributed by atoms with E-state index in [1.807, 2.05) is 35.2 Å². The van der Waals surface area contributed by atoms with Crippen LogP contribution in [-0.2, 0) is 13.0 Å². The highest BCUT2D eigenvalue weighted by atomic mass is 16.2. The Kier molecular flexibility index (Phi) is 3.08. The highest BCUT2D eigenvalue weighted by molar-refractivity contribution is 5.94. The molecule has 0 saturated heterocycles. The summed E-state index contributed by atoms with van der Waals surface area (Å²) < 4.78 is 0. The average molecular weight is 251 g/mol. The monoisotopic (exact) mass is 251 g/mol. The fraction of sp³-hybridized carbons (Fsp3) is 0.235. The molecule has 2 aromatic rings. The van der Waals surface area contributed by atoms with Crippen LogP contribution in [0.1, 0.15) is 27.0 Å². The fourth-order valence-corrected chi connectivity index (χ4v) is 2.69. The van der Waals surface area contributed by atoms with Crippen LogP contribution in [-0.4, -0.2) is 17.4 Å². The molecule has 0 unspecified atom stereocenters. The van der Waals surface area contributed by atoms with Crippen LogP contribution in [0.2, 0.25) is 0 Å². The molecule has 19 heavy (non-hydrogen) atoms. The van der Waals surface area contributed by atoms with Gasteiger partial charge in [0.1, 0.15) is 0 Å². The predicted molar refractivity (Wildman–Crippen MR) is 76.1 cm³/mol. The van der Waals surface area contributed by atoms with Crippen molar-refractivity contribution in [3.05, 3.63) is 70.8 Å². The lowest BCUT2D eigenvalue weighted by atomic mass is 9.95. The summed E-state index contributed by atoms with van der Waals surface area (Å²) in [6.07, 6.45) is 0.954. The molecular formula is C17H17NO. The number of carbonyl (C=O) groups is 1. The lowest BCUT2D eigenvalue weighted by Crippen LogP contribution is -2.36. The summed E-state index contributed by atoms with van der Waals surface area (Å²) in [6, 6.07) is 15.9. The van der Waals surface area contributed by atoms with Gasteiger partial charge in [0.05, 0.1) is 0 Å². The maximum Gasteiger partial charge on any atom is 0.254 e. The van der Waals surface area contributed by atoms with Crippen LogP contribution < -0.4 is 0 Å². The molecule has 0 bridgehead atoms. The van der Waals surface area contributed by atoms with Crippen molar-refractivity contribution in [3.8, 4) is 0 Å². The maximum atomic E-state index is 12.4. The first-order valence-electron chi connectivity index (χ1n) is 6.67. The summed E-state index contributed by atoms with van der Waals surface area (Å²) >= 11 is 0. The Labute approximate surface area is 113 Å². The number of amides is 1. The Morgan fingerprint density at radius 3 is 2.63 bits per heavy atom. The smallest absolute Gasteiger partial charge is 0.254 e. The van der Waals surface area contributed by atoms with Crippen molar-refractivity contribution >= 4 is 5.91 Å². The first-order chi connectivity index (χ1) is 9.25. The molecule has 2 aromatic carbocycles. The molecule has 3 rings (SSSR count). The maximum absolute atomic E-state index is 12.4. The van der Waals surface area contributed by atoms with E-state index in [4.69, 9.17) is 0 Å². The van der Waals surface area contributed by atoms with E-state index in [0.717, 1.165) is 25.1 Å². The van der Waals surface area contributed by atoms with Gasteiger partial charge in [0, 0.05) is 18.7 Å². The van der Waals surface area contributed by atoms with E-state index in [-0.39, 0.29) is 5.91 Å². The van der Waals surface area contributed by atoms with Gasteiger partial charge in [-0.3, -0.25) is 4.79 Å². The van der Waals surface area contributed by atoms with Crippen molar-refractivity contribution in [3.63, 3.8) is 0 Å². The van der Waals surface area contributed by atoms with Crippen LogP contribution in [0.3, 0.4) is 0 Å². The summed E-state index contributed by atoms with van der Waals surface area (Å²) in [5.41, 5.74) is 4.76. The SMILES string of the molecule is Cc1cccc2c1CN(C(=O)c1ccccc1)CC2. The summed E-state index contributed by atoms with van der Waals surface area (Å²) in [4.78, 5) is 14.4. The third-order valence-electron chi connectivity index (χ3n) is 3.82. The molecule has 0 saturated carbocycles. The Morgan fingerprint density at radius 2 is 1.84 bits per heavy atom. The van der Waals surface area contributed by atoms with E-state index >= 15 is 0 Å². The Hall–Kier alpha value is -2.09. The summed E-state index contributed by atoms with van der Waals surface area (Å²) in [5.74, 6) is 0.134. The minimum absolute atomic E-state index is 0.134. The minimum Gasteiger partial charge on any atom is -0.334 e. The Balaban J connectivity index is 1.86. The second kappa shape index (κ2) is 4.88. The lowest BCUT2D eigenvalue weighted by Gasteiger charge is -2.30. The van der Waals surface area contributed by atoms with E-state index in [9.17, 15) is 4.79 Å². The van der Waals surface area contributed by atoms with Gasteiger partial charge in [-0.1, -0.05) is 36.4 Å². The third-order valence-corrected chi connectivity index (χ3v) is 3.82. The number of hydrogen-bond acceptors (Lipinski definition) is 1. The predicted octanol–water partition coefficient (Wildman–Crippen LogP) is 3.19. The van der Waals surface area contributed by atoms with E-state index < -0.39 is 0 Å². The van der Waals surface area contributed by atoms with Crippen LogP contribution in [0.25, 0.3) is 0 Å². The van der Waals surface area contributed by atoms with Gasteiger partial charge in [-0.25, -0.2) is 0 Å². The van der Waals surface area contributed by atoms with Crippen LogP contribution in [0.4, 0.5) is 0 Å². The lowest BCUT2D eigenvalue weighted by molar-refractivity contribution is 0.0734. The molecule has 0 N–H and O–H groups in total. The zero-order chi connectivity index (χ0) is 13.2. The first kappa shape index (κ1) is 12.0. The van der Waals surface area contributed by atoms with Crippen molar-refractivity contribution in [2.45, 2.75) is 19.9 Å². The molecule has 1 aliphatic heterocycles. The summed E-state index contributed by atoms with van der Waals surface area (Å²) in [5, 5.41) is 0. The number of benzene rings is 2. The highest BCUT2D eigenvalue weighted by Crippen LogP contribution is 2.23. The second-order valence-electron chi connectivity index (χ2n) is 5.06. The number of nitrogens with zero attached hydrogens (tertiary/aromatic N) is 1. The normalized spacial score (nSPS) is 14.1. The number of rotatable bonds is 1. The largest absolute Gasteiger partial charge is 0.334 e. The van der Waals surface area contributed by atoms with E-state index in [1.165, 1.54) is 16.7 Å². The van der Waals surface area contributed by atoms with Crippen LogP contribution in [0.5, 0.6) is 0 Å².